The zero-order chi connectivity index (χ0) is 24.6. The van der Waals surface area contributed by atoms with E-state index in [4.69, 9.17) is 4.74 Å². The molecule has 0 heterocycles. The number of hydrogen-bond acceptors (Lipinski definition) is 4. The number of anilines is 1. The van der Waals surface area contributed by atoms with Gasteiger partial charge in [0.2, 0.25) is 5.91 Å². The first-order chi connectivity index (χ1) is 16.3. The average molecular weight is 485 g/mol. The van der Waals surface area contributed by atoms with Crippen LogP contribution in [0, 0.1) is 12.7 Å². The van der Waals surface area contributed by atoms with E-state index in [2.05, 4.69) is 5.32 Å². The lowest BCUT2D eigenvalue weighted by molar-refractivity contribution is -0.119. The number of sulfonamides is 1. The molecule has 0 atom stereocenters. The van der Waals surface area contributed by atoms with Crippen molar-refractivity contribution in [3.63, 3.8) is 0 Å². The second-order valence-corrected chi connectivity index (χ2v) is 9.67. The highest BCUT2D eigenvalue weighted by molar-refractivity contribution is 7.92. The largest absolute Gasteiger partial charge is 0.494 e. The predicted octanol–water partition coefficient (Wildman–Crippen LogP) is 4.48. The van der Waals surface area contributed by atoms with Crippen LogP contribution in [0.15, 0.2) is 77.7 Å². The average Bonchev–Trinajstić information content (AvgIpc) is 2.82. The number of carbonyl (C=O) groups excluding carboxylic acids is 1. The van der Waals surface area contributed by atoms with Gasteiger partial charge in [-0.2, -0.15) is 0 Å². The normalized spacial score (nSPS) is 11.1. The molecule has 0 fully saturated rings. The minimum absolute atomic E-state index is 0.00958. The van der Waals surface area contributed by atoms with Gasteiger partial charge in [0, 0.05) is 6.54 Å². The number of rotatable bonds is 11. The number of nitrogens with zero attached hydrogens (tertiary/aromatic N) is 1. The van der Waals surface area contributed by atoms with Crippen LogP contribution >= 0.6 is 0 Å². The number of para-hydroxylation sites is 1. The fourth-order valence-electron chi connectivity index (χ4n) is 3.42. The second-order valence-electron chi connectivity index (χ2n) is 7.81. The van der Waals surface area contributed by atoms with Crippen molar-refractivity contribution < 1.29 is 22.3 Å². The van der Waals surface area contributed by atoms with Gasteiger partial charge in [0.1, 0.15) is 18.1 Å². The summed E-state index contributed by atoms with van der Waals surface area (Å²) in [6.07, 6.45) is 1.41. The number of carbonyl (C=O) groups is 1. The van der Waals surface area contributed by atoms with Crippen molar-refractivity contribution in [3.05, 3.63) is 89.7 Å². The smallest absolute Gasteiger partial charge is 0.264 e. The van der Waals surface area contributed by atoms with Gasteiger partial charge in [-0.25, -0.2) is 12.8 Å². The van der Waals surface area contributed by atoms with E-state index >= 15 is 0 Å². The lowest BCUT2D eigenvalue weighted by atomic mass is 10.1. The summed E-state index contributed by atoms with van der Waals surface area (Å²) in [6, 6.07) is 19.5. The molecule has 34 heavy (non-hydrogen) atoms. The van der Waals surface area contributed by atoms with Crippen molar-refractivity contribution >= 4 is 21.6 Å². The van der Waals surface area contributed by atoms with Gasteiger partial charge in [-0.15, -0.1) is 0 Å². The van der Waals surface area contributed by atoms with Gasteiger partial charge < -0.3 is 10.1 Å². The van der Waals surface area contributed by atoms with E-state index in [0.717, 1.165) is 27.6 Å². The summed E-state index contributed by atoms with van der Waals surface area (Å²) in [5.41, 5.74) is 1.82. The standard InChI is InChI=1S/C26H29FN2O4S/c1-3-33-22-14-12-21(13-15-22)7-6-18-28-26(30)19-29(25-9-5-4-8-24(25)27)34(31,32)23-16-10-20(2)11-17-23/h4-5,8-17H,3,6-7,18-19H2,1-2H3,(H,28,30). The number of ether oxygens (including phenoxy) is 1. The Bertz CT molecular complexity index is 1200. The zero-order valence-corrected chi connectivity index (χ0v) is 20.1. The number of nitrogens with one attached hydrogen (secondary N) is 1. The van der Waals surface area contributed by atoms with Gasteiger partial charge in [0.05, 0.1) is 17.2 Å². The van der Waals surface area contributed by atoms with Gasteiger partial charge in [-0.05, 0) is 68.7 Å². The summed E-state index contributed by atoms with van der Waals surface area (Å²) in [6.45, 7) is 4.21. The number of hydrogen-bond donors (Lipinski definition) is 1. The molecule has 0 saturated carbocycles. The van der Waals surface area contributed by atoms with Crippen LogP contribution in [0.5, 0.6) is 5.75 Å². The van der Waals surface area contributed by atoms with Gasteiger partial charge in [-0.3, -0.25) is 9.10 Å². The molecule has 3 aromatic carbocycles. The SMILES string of the molecule is CCOc1ccc(CCCNC(=O)CN(c2ccccc2F)S(=O)(=O)c2ccc(C)cc2)cc1. The van der Waals surface area contributed by atoms with E-state index in [1.165, 1.54) is 36.4 Å². The number of halogens is 1. The Morgan fingerprint density at radius 2 is 1.68 bits per heavy atom. The van der Waals surface area contributed by atoms with Gasteiger partial charge in [0.25, 0.3) is 10.0 Å². The summed E-state index contributed by atoms with van der Waals surface area (Å²) in [5, 5.41) is 2.74. The Morgan fingerprint density at radius 3 is 2.32 bits per heavy atom. The molecule has 0 unspecified atom stereocenters. The number of amides is 1. The summed E-state index contributed by atoms with van der Waals surface area (Å²) in [5.74, 6) is -0.422. The highest BCUT2D eigenvalue weighted by atomic mass is 32.2. The molecule has 0 saturated heterocycles. The molecular formula is C26H29FN2O4S. The van der Waals surface area contributed by atoms with Crippen molar-refractivity contribution in [1.82, 2.24) is 5.32 Å². The fraction of sp³-hybridized carbons (Fsp3) is 0.269. The first-order valence-corrected chi connectivity index (χ1v) is 12.6. The predicted molar refractivity (Wildman–Crippen MR) is 131 cm³/mol. The van der Waals surface area contributed by atoms with Crippen LogP contribution in [0.1, 0.15) is 24.5 Å². The van der Waals surface area contributed by atoms with Crippen molar-refractivity contribution in [2.24, 2.45) is 0 Å². The Balaban J connectivity index is 1.66. The highest BCUT2D eigenvalue weighted by Gasteiger charge is 2.29. The molecule has 180 valence electrons. The van der Waals surface area contributed by atoms with E-state index in [1.54, 1.807) is 12.1 Å². The van der Waals surface area contributed by atoms with Gasteiger partial charge in [-0.1, -0.05) is 42.0 Å². The lowest BCUT2D eigenvalue weighted by Crippen LogP contribution is -2.41. The molecule has 3 aromatic rings. The van der Waals surface area contributed by atoms with Crippen molar-refractivity contribution in [2.75, 3.05) is 24.0 Å². The first kappa shape index (κ1) is 25.2. The zero-order valence-electron chi connectivity index (χ0n) is 19.3. The molecule has 1 amide bonds. The van der Waals surface area contributed by atoms with Crippen molar-refractivity contribution in [2.45, 2.75) is 31.6 Å². The minimum atomic E-state index is -4.15. The summed E-state index contributed by atoms with van der Waals surface area (Å²) in [4.78, 5) is 12.6. The molecule has 6 nitrogen and oxygen atoms in total. The van der Waals surface area contributed by atoms with E-state index in [-0.39, 0.29) is 10.6 Å². The topological polar surface area (TPSA) is 75.7 Å². The molecule has 1 N–H and O–H groups in total. The Morgan fingerprint density at radius 1 is 1.00 bits per heavy atom. The van der Waals surface area contributed by atoms with Crippen LogP contribution in [0.25, 0.3) is 0 Å². The van der Waals surface area contributed by atoms with Gasteiger partial charge >= 0.3 is 0 Å². The Hall–Kier alpha value is -3.39. The maximum atomic E-state index is 14.5. The molecule has 0 spiro atoms. The van der Waals surface area contributed by atoms with Crippen LogP contribution < -0.4 is 14.4 Å². The summed E-state index contributed by atoms with van der Waals surface area (Å²) < 4.78 is 47.3. The molecule has 0 aliphatic heterocycles. The first-order valence-electron chi connectivity index (χ1n) is 11.1. The number of aryl methyl sites for hydroxylation is 2. The second kappa shape index (κ2) is 11.7. The van der Waals surface area contributed by atoms with E-state index in [0.29, 0.717) is 19.6 Å². The van der Waals surface area contributed by atoms with E-state index < -0.39 is 28.3 Å². The summed E-state index contributed by atoms with van der Waals surface area (Å²) in [7, 11) is -4.15. The highest BCUT2D eigenvalue weighted by Crippen LogP contribution is 2.26. The number of benzene rings is 3. The maximum Gasteiger partial charge on any atom is 0.264 e. The maximum absolute atomic E-state index is 14.5. The summed E-state index contributed by atoms with van der Waals surface area (Å²) >= 11 is 0. The molecule has 0 bridgehead atoms. The van der Waals surface area contributed by atoms with Crippen LogP contribution in [-0.2, 0) is 21.2 Å². The van der Waals surface area contributed by atoms with Crippen LogP contribution in [0.2, 0.25) is 0 Å². The molecular weight excluding hydrogens is 455 g/mol. The lowest BCUT2D eigenvalue weighted by Gasteiger charge is -2.24. The molecule has 8 heteroatoms. The van der Waals surface area contributed by atoms with Crippen molar-refractivity contribution in [3.8, 4) is 5.75 Å². The van der Waals surface area contributed by atoms with E-state index in [1.807, 2.05) is 38.1 Å². The third-order valence-corrected chi connectivity index (χ3v) is 6.99. The Kier molecular flexibility index (Phi) is 8.65. The quantitative estimate of drug-likeness (QED) is 0.407. The molecule has 0 aliphatic rings. The van der Waals surface area contributed by atoms with Crippen molar-refractivity contribution in [1.29, 1.82) is 0 Å². The van der Waals surface area contributed by atoms with Gasteiger partial charge in [0.15, 0.2) is 0 Å². The Labute approximate surface area is 200 Å². The fourth-order valence-corrected chi connectivity index (χ4v) is 4.85. The molecule has 3 rings (SSSR count). The third-order valence-electron chi connectivity index (χ3n) is 5.22. The third kappa shape index (κ3) is 6.57. The van der Waals surface area contributed by atoms with E-state index in [9.17, 15) is 17.6 Å². The molecule has 0 aromatic heterocycles. The monoisotopic (exact) mass is 484 g/mol. The van der Waals surface area contributed by atoms with Crippen LogP contribution in [0.3, 0.4) is 0 Å². The van der Waals surface area contributed by atoms with Crippen LogP contribution in [-0.4, -0.2) is 34.0 Å². The molecule has 0 aliphatic carbocycles. The van der Waals surface area contributed by atoms with Crippen LogP contribution in [0.4, 0.5) is 10.1 Å². The molecule has 0 radical (unpaired) electrons. The minimum Gasteiger partial charge on any atom is -0.494 e.